The standard InChI is InChI=1S/C7H10N2/c1-6(8)7-4-2-3-5-9-7/h2-6H,8H2,1H3/p+1/t6-/m1/s1. The van der Waals surface area contributed by atoms with Crippen LogP contribution in [-0.4, -0.2) is 4.98 Å². The molecule has 0 aliphatic heterocycles. The van der Waals surface area contributed by atoms with Crippen LogP contribution in [0.15, 0.2) is 24.4 Å². The Balaban J connectivity index is 2.85. The van der Waals surface area contributed by atoms with Crippen molar-refractivity contribution in [2.45, 2.75) is 13.0 Å². The van der Waals surface area contributed by atoms with E-state index in [9.17, 15) is 0 Å². The molecule has 0 saturated carbocycles. The van der Waals surface area contributed by atoms with Gasteiger partial charge in [-0.3, -0.25) is 4.98 Å². The Morgan fingerprint density at radius 1 is 1.56 bits per heavy atom. The third-order valence-corrected chi connectivity index (χ3v) is 1.19. The molecule has 0 aromatic carbocycles. The van der Waals surface area contributed by atoms with Gasteiger partial charge in [0.25, 0.3) is 0 Å². The van der Waals surface area contributed by atoms with E-state index in [0.717, 1.165) is 5.69 Å². The van der Waals surface area contributed by atoms with Gasteiger partial charge in [-0.25, -0.2) is 0 Å². The number of hydrogen-bond acceptors (Lipinski definition) is 1. The van der Waals surface area contributed by atoms with Gasteiger partial charge in [-0.05, 0) is 19.1 Å². The summed E-state index contributed by atoms with van der Waals surface area (Å²) in [7, 11) is 0. The summed E-state index contributed by atoms with van der Waals surface area (Å²) >= 11 is 0. The molecule has 0 radical (unpaired) electrons. The number of quaternary nitrogens is 1. The maximum atomic E-state index is 4.12. The average molecular weight is 123 g/mol. The van der Waals surface area contributed by atoms with E-state index >= 15 is 0 Å². The molecule has 0 aliphatic carbocycles. The Labute approximate surface area is 54.7 Å². The van der Waals surface area contributed by atoms with E-state index in [1.807, 2.05) is 25.1 Å². The van der Waals surface area contributed by atoms with E-state index < -0.39 is 0 Å². The second kappa shape index (κ2) is 2.60. The van der Waals surface area contributed by atoms with Crippen molar-refractivity contribution in [3.8, 4) is 0 Å². The van der Waals surface area contributed by atoms with Gasteiger partial charge in [0, 0.05) is 6.20 Å². The number of rotatable bonds is 1. The molecular formula is C7H11N2+. The van der Waals surface area contributed by atoms with E-state index in [0.29, 0.717) is 6.04 Å². The van der Waals surface area contributed by atoms with Gasteiger partial charge in [0.15, 0.2) is 0 Å². The highest BCUT2D eigenvalue weighted by molar-refractivity contribution is 5.04. The molecule has 1 atom stereocenters. The molecule has 1 aromatic heterocycles. The lowest BCUT2D eigenvalue weighted by Crippen LogP contribution is -2.52. The SMILES string of the molecule is C[C@@H]([NH3+])c1ccccn1. The molecular weight excluding hydrogens is 112 g/mol. The first kappa shape index (κ1) is 6.23. The molecule has 0 saturated heterocycles. The van der Waals surface area contributed by atoms with Crippen molar-refractivity contribution in [2.75, 3.05) is 0 Å². The molecule has 0 amide bonds. The molecule has 9 heavy (non-hydrogen) atoms. The van der Waals surface area contributed by atoms with Crippen molar-refractivity contribution in [2.24, 2.45) is 0 Å². The monoisotopic (exact) mass is 123 g/mol. The Morgan fingerprint density at radius 2 is 2.33 bits per heavy atom. The predicted molar refractivity (Wildman–Crippen MR) is 35.5 cm³/mol. The highest BCUT2D eigenvalue weighted by atomic mass is 14.7. The minimum absolute atomic E-state index is 0.297. The highest BCUT2D eigenvalue weighted by Gasteiger charge is 1.99. The van der Waals surface area contributed by atoms with Crippen molar-refractivity contribution in [1.29, 1.82) is 0 Å². The summed E-state index contributed by atoms with van der Waals surface area (Å²) in [6.45, 7) is 2.03. The van der Waals surface area contributed by atoms with E-state index in [-0.39, 0.29) is 0 Å². The van der Waals surface area contributed by atoms with Crippen LogP contribution in [0.5, 0.6) is 0 Å². The van der Waals surface area contributed by atoms with Crippen LogP contribution in [-0.2, 0) is 0 Å². The van der Waals surface area contributed by atoms with Crippen LogP contribution < -0.4 is 5.73 Å². The second-order valence-corrected chi connectivity index (χ2v) is 2.16. The fourth-order valence-electron chi connectivity index (χ4n) is 0.667. The van der Waals surface area contributed by atoms with E-state index in [2.05, 4.69) is 10.7 Å². The molecule has 3 N–H and O–H groups in total. The molecule has 1 heterocycles. The van der Waals surface area contributed by atoms with Crippen LogP contribution in [0.4, 0.5) is 0 Å². The molecule has 0 spiro atoms. The maximum absolute atomic E-state index is 4.12. The summed E-state index contributed by atoms with van der Waals surface area (Å²) in [4.78, 5) is 4.12. The van der Waals surface area contributed by atoms with E-state index in [4.69, 9.17) is 0 Å². The molecule has 0 unspecified atom stereocenters. The first-order valence-electron chi connectivity index (χ1n) is 3.04. The topological polar surface area (TPSA) is 40.5 Å². The zero-order valence-electron chi connectivity index (χ0n) is 5.54. The van der Waals surface area contributed by atoms with E-state index in [1.54, 1.807) is 6.20 Å². The number of pyridine rings is 1. The molecule has 48 valence electrons. The lowest BCUT2D eigenvalue weighted by molar-refractivity contribution is -0.421. The Bertz CT molecular complexity index is 170. The second-order valence-electron chi connectivity index (χ2n) is 2.16. The molecule has 2 heteroatoms. The average Bonchev–Trinajstić information content (AvgIpc) is 1.90. The molecule has 1 rings (SSSR count). The zero-order chi connectivity index (χ0) is 6.69. The third kappa shape index (κ3) is 1.50. The largest absolute Gasteiger partial charge is 0.350 e. The van der Waals surface area contributed by atoms with Crippen LogP contribution >= 0.6 is 0 Å². The van der Waals surface area contributed by atoms with Gasteiger partial charge in [-0.2, -0.15) is 0 Å². The summed E-state index contributed by atoms with van der Waals surface area (Å²) in [6, 6.07) is 6.17. The summed E-state index contributed by atoms with van der Waals surface area (Å²) in [6.07, 6.45) is 1.79. The van der Waals surface area contributed by atoms with E-state index in [1.165, 1.54) is 0 Å². The predicted octanol–water partition coefficient (Wildman–Crippen LogP) is 0.384. The zero-order valence-corrected chi connectivity index (χ0v) is 5.54. The third-order valence-electron chi connectivity index (χ3n) is 1.19. The van der Waals surface area contributed by atoms with Crippen LogP contribution in [0.1, 0.15) is 18.7 Å². The highest BCUT2D eigenvalue weighted by Crippen LogP contribution is 2.00. The first-order chi connectivity index (χ1) is 4.30. The minimum Gasteiger partial charge on any atom is -0.350 e. The number of hydrogen-bond donors (Lipinski definition) is 1. The minimum atomic E-state index is 0.297. The van der Waals surface area contributed by atoms with Crippen LogP contribution in [0.2, 0.25) is 0 Å². The fourth-order valence-corrected chi connectivity index (χ4v) is 0.667. The smallest absolute Gasteiger partial charge is 0.124 e. The summed E-state index contributed by atoms with van der Waals surface area (Å²) < 4.78 is 0. The molecule has 2 nitrogen and oxygen atoms in total. The Hall–Kier alpha value is -0.890. The van der Waals surface area contributed by atoms with Crippen molar-refractivity contribution in [3.05, 3.63) is 30.1 Å². The van der Waals surface area contributed by atoms with Gasteiger partial charge in [0.2, 0.25) is 0 Å². The van der Waals surface area contributed by atoms with Gasteiger partial charge >= 0.3 is 0 Å². The van der Waals surface area contributed by atoms with Crippen molar-refractivity contribution >= 4 is 0 Å². The quantitative estimate of drug-likeness (QED) is 0.576. The molecule has 0 aliphatic rings. The first-order valence-corrected chi connectivity index (χ1v) is 3.04. The number of aromatic nitrogens is 1. The Kier molecular flexibility index (Phi) is 1.80. The molecule has 0 bridgehead atoms. The van der Waals surface area contributed by atoms with Crippen LogP contribution in [0, 0.1) is 0 Å². The van der Waals surface area contributed by atoms with Crippen molar-refractivity contribution in [3.63, 3.8) is 0 Å². The van der Waals surface area contributed by atoms with Gasteiger partial charge in [0.1, 0.15) is 6.04 Å². The van der Waals surface area contributed by atoms with Gasteiger partial charge in [0.05, 0.1) is 5.69 Å². The molecule has 0 fully saturated rings. The summed E-state index contributed by atoms with van der Waals surface area (Å²) in [5.74, 6) is 0. The lowest BCUT2D eigenvalue weighted by atomic mass is 10.2. The summed E-state index contributed by atoms with van der Waals surface area (Å²) in [5, 5.41) is 0. The Morgan fingerprint density at radius 3 is 2.67 bits per heavy atom. The fraction of sp³-hybridized carbons (Fsp3) is 0.286. The lowest BCUT2D eigenvalue weighted by Gasteiger charge is -1.97. The van der Waals surface area contributed by atoms with Crippen molar-refractivity contribution in [1.82, 2.24) is 4.98 Å². The van der Waals surface area contributed by atoms with Gasteiger partial charge in [-0.15, -0.1) is 0 Å². The van der Waals surface area contributed by atoms with Gasteiger partial charge < -0.3 is 5.73 Å². The summed E-state index contributed by atoms with van der Waals surface area (Å²) in [5.41, 5.74) is 4.90. The molecule has 1 aromatic rings. The maximum Gasteiger partial charge on any atom is 0.124 e. The normalized spacial score (nSPS) is 13.1. The number of nitrogens with zero attached hydrogens (tertiary/aromatic N) is 1. The van der Waals surface area contributed by atoms with Gasteiger partial charge in [-0.1, -0.05) is 6.07 Å². The van der Waals surface area contributed by atoms with Crippen LogP contribution in [0.25, 0.3) is 0 Å². The van der Waals surface area contributed by atoms with Crippen molar-refractivity contribution < 1.29 is 5.73 Å². The van der Waals surface area contributed by atoms with Crippen LogP contribution in [0.3, 0.4) is 0 Å².